The molecule has 4 aromatic rings. The van der Waals surface area contributed by atoms with Crippen molar-refractivity contribution in [3.8, 4) is 17.2 Å². The minimum atomic E-state index is -0.0989. The van der Waals surface area contributed by atoms with Gasteiger partial charge in [0.25, 0.3) is 5.56 Å². The predicted octanol–water partition coefficient (Wildman–Crippen LogP) is 4.42. The molecule has 0 radical (unpaired) electrons. The summed E-state index contributed by atoms with van der Waals surface area (Å²) < 4.78 is 1.58. The van der Waals surface area contributed by atoms with Gasteiger partial charge in [-0.3, -0.25) is 9.78 Å². The quantitative estimate of drug-likeness (QED) is 0.490. The molecule has 6 nitrogen and oxygen atoms in total. The minimum Gasteiger partial charge on any atom is -0.339 e. The Kier molecular flexibility index (Phi) is 4.72. The summed E-state index contributed by atoms with van der Waals surface area (Å²) in [6.45, 7) is 0.803. The van der Waals surface area contributed by atoms with Gasteiger partial charge in [0.15, 0.2) is 0 Å². The third-order valence-electron chi connectivity index (χ3n) is 5.76. The van der Waals surface area contributed by atoms with Gasteiger partial charge in [-0.15, -0.1) is 0 Å². The Bertz CT molecular complexity index is 1370. The third-order valence-corrected chi connectivity index (χ3v) is 5.76. The molecule has 1 aromatic carbocycles. The van der Waals surface area contributed by atoms with Crippen LogP contribution in [0.3, 0.4) is 0 Å². The van der Waals surface area contributed by atoms with E-state index in [0.29, 0.717) is 22.6 Å². The van der Waals surface area contributed by atoms with Crippen molar-refractivity contribution in [3.63, 3.8) is 0 Å². The van der Waals surface area contributed by atoms with E-state index < -0.39 is 0 Å². The molecular weight excluding hydrogens is 386 g/mol. The van der Waals surface area contributed by atoms with Gasteiger partial charge in [0.2, 0.25) is 0 Å². The Morgan fingerprint density at radius 1 is 1.13 bits per heavy atom. The number of aryl methyl sites for hydroxylation is 1. The molecule has 31 heavy (non-hydrogen) atoms. The smallest absolute Gasteiger partial charge is 0.252 e. The van der Waals surface area contributed by atoms with Gasteiger partial charge in [0.05, 0.1) is 11.2 Å². The number of anilines is 2. The summed E-state index contributed by atoms with van der Waals surface area (Å²) in [5, 5.41) is 9.38. The first-order valence-electron chi connectivity index (χ1n) is 10.3. The highest BCUT2D eigenvalue weighted by Gasteiger charge is 2.27. The molecule has 0 bridgehead atoms. The van der Waals surface area contributed by atoms with Gasteiger partial charge >= 0.3 is 0 Å². The second-order valence-electron chi connectivity index (χ2n) is 7.95. The number of rotatable bonds is 5. The summed E-state index contributed by atoms with van der Waals surface area (Å²) in [5.41, 5.74) is 5.44. The Hall–Kier alpha value is -3.98. The number of benzene rings is 1. The van der Waals surface area contributed by atoms with Gasteiger partial charge in [0.1, 0.15) is 17.3 Å². The topological polar surface area (TPSA) is 74.8 Å². The van der Waals surface area contributed by atoms with Crippen molar-refractivity contribution in [1.29, 1.82) is 5.26 Å². The first kappa shape index (κ1) is 19.0. The lowest BCUT2D eigenvalue weighted by Gasteiger charge is -2.27. The van der Waals surface area contributed by atoms with E-state index in [-0.39, 0.29) is 5.56 Å². The van der Waals surface area contributed by atoms with E-state index in [1.165, 1.54) is 12.8 Å². The second kappa shape index (κ2) is 7.69. The highest BCUT2D eigenvalue weighted by atomic mass is 16.1. The first-order chi connectivity index (χ1) is 15.1. The zero-order chi connectivity index (χ0) is 21.4. The number of hydrogen-bond acceptors (Lipinski definition) is 5. The summed E-state index contributed by atoms with van der Waals surface area (Å²) in [4.78, 5) is 23.8. The molecule has 1 aliphatic carbocycles. The SMILES string of the molecule is Cn1c(=O)cc(N(CC2CC2)c2cccc(-c3cccnc3)c2)c2nc(C#N)ccc21. The molecule has 1 saturated carbocycles. The van der Waals surface area contributed by atoms with Crippen LogP contribution in [0.2, 0.25) is 0 Å². The molecule has 6 heteroatoms. The third kappa shape index (κ3) is 3.66. The molecule has 0 aliphatic heterocycles. The van der Waals surface area contributed by atoms with Gasteiger partial charge in [-0.05, 0) is 54.7 Å². The molecule has 152 valence electrons. The fourth-order valence-electron chi connectivity index (χ4n) is 3.87. The summed E-state index contributed by atoms with van der Waals surface area (Å²) >= 11 is 0. The van der Waals surface area contributed by atoms with Gasteiger partial charge in [-0.1, -0.05) is 18.2 Å². The minimum absolute atomic E-state index is 0.0989. The maximum Gasteiger partial charge on any atom is 0.252 e. The van der Waals surface area contributed by atoms with Crippen LogP contribution in [-0.4, -0.2) is 21.1 Å². The Morgan fingerprint density at radius 2 is 1.97 bits per heavy atom. The summed E-state index contributed by atoms with van der Waals surface area (Å²) in [6, 6.07) is 19.4. The molecule has 3 aromatic heterocycles. The van der Waals surface area contributed by atoms with E-state index in [0.717, 1.165) is 29.0 Å². The van der Waals surface area contributed by atoms with Crippen LogP contribution in [0.1, 0.15) is 18.5 Å². The predicted molar refractivity (Wildman–Crippen MR) is 121 cm³/mol. The first-order valence-corrected chi connectivity index (χ1v) is 10.3. The monoisotopic (exact) mass is 407 g/mol. The number of hydrogen-bond donors (Lipinski definition) is 0. The lowest BCUT2D eigenvalue weighted by Crippen LogP contribution is -2.25. The van der Waals surface area contributed by atoms with E-state index >= 15 is 0 Å². The average molecular weight is 407 g/mol. The normalized spacial score (nSPS) is 13.2. The van der Waals surface area contributed by atoms with Gasteiger partial charge in [0, 0.05) is 43.3 Å². The molecule has 0 spiro atoms. The maximum atomic E-state index is 12.8. The molecular formula is C25H21N5O. The van der Waals surface area contributed by atoms with Gasteiger partial charge < -0.3 is 9.47 Å². The van der Waals surface area contributed by atoms with Gasteiger partial charge in [-0.25, -0.2) is 4.98 Å². The van der Waals surface area contributed by atoms with Crippen molar-refractivity contribution < 1.29 is 0 Å². The van der Waals surface area contributed by atoms with E-state index in [4.69, 9.17) is 0 Å². The van der Waals surface area contributed by atoms with E-state index in [1.54, 1.807) is 36.0 Å². The molecule has 0 amide bonds. The zero-order valence-corrected chi connectivity index (χ0v) is 17.2. The van der Waals surface area contributed by atoms with Crippen LogP contribution in [0, 0.1) is 17.2 Å². The van der Waals surface area contributed by atoms with Crippen LogP contribution in [0.25, 0.3) is 22.2 Å². The molecule has 5 rings (SSSR count). The zero-order valence-electron chi connectivity index (χ0n) is 17.2. The van der Waals surface area contributed by atoms with Crippen LogP contribution in [0.15, 0.2) is 71.8 Å². The maximum absolute atomic E-state index is 12.8. The van der Waals surface area contributed by atoms with E-state index in [2.05, 4.69) is 39.1 Å². The van der Waals surface area contributed by atoms with Crippen molar-refractivity contribution >= 4 is 22.4 Å². The van der Waals surface area contributed by atoms with Gasteiger partial charge in [-0.2, -0.15) is 5.26 Å². The fraction of sp³-hybridized carbons (Fsp3) is 0.200. The number of fused-ring (bicyclic) bond motifs is 1. The molecule has 0 unspecified atom stereocenters. The van der Waals surface area contributed by atoms with Crippen LogP contribution in [0.4, 0.5) is 11.4 Å². The van der Waals surface area contributed by atoms with Crippen LogP contribution >= 0.6 is 0 Å². The Morgan fingerprint density at radius 3 is 2.71 bits per heavy atom. The van der Waals surface area contributed by atoms with Crippen molar-refractivity contribution in [2.45, 2.75) is 12.8 Å². The largest absolute Gasteiger partial charge is 0.339 e. The molecule has 0 saturated heterocycles. The lowest BCUT2D eigenvalue weighted by atomic mass is 10.1. The van der Waals surface area contributed by atoms with Crippen molar-refractivity contribution in [2.24, 2.45) is 13.0 Å². The highest BCUT2D eigenvalue weighted by Crippen LogP contribution is 2.38. The summed E-state index contributed by atoms with van der Waals surface area (Å²) in [6.07, 6.45) is 5.97. The molecule has 0 atom stereocenters. The molecule has 3 heterocycles. The number of nitrogens with zero attached hydrogens (tertiary/aromatic N) is 5. The van der Waals surface area contributed by atoms with Crippen molar-refractivity contribution in [2.75, 3.05) is 11.4 Å². The number of pyridine rings is 3. The molecule has 1 aliphatic rings. The Labute approximate surface area is 180 Å². The number of nitriles is 1. The highest BCUT2D eigenvalue weighted by molar-refractivity contribution is 5.91. The standard InChI is InChI=1S/C25H21N5O/c1-29-22-10-9-20(14-26)28-25(22)23(13-24(29)31)30(16-17-7-8-17)21-6-2-4-18(12-21)19-5-3-11-27-15-19/h2-6,9-13,15,17H,7-8,16H2,1H3. The summed E-state index contributed by atoms with van der Waals surface area (Å²) in [5.74, 6) is 0.584. The van der Waals surface area contributed by atoms with Crippen molar-refractivity contribution in [1.82, 2.24) is 14.5 Å². The molecule has 1 fully saturated rings. The van der Waals surface area contributed by atoms with Crippen LogP contribution in [0.5, 0.6) is 0 Å². The van der Waals surface area contributed by atoms with Crippen LogP contribution in [-0.2, 0) is 7.05 Å². The summed E-state index contributed by atoms with van der Waals surface area (Å²) in [7, 11) is 1.73. The lowest BCUT2D eigenvalue weighted by molar-refractivity contribution is 0.811. The average Bonchev–Trinajstić information content (AvgIpc) is 3.64. The fourth-order valence-corrected chi connectivity index (χ4v) is 3.87. The van der Waals surface area contributed by atoms with E-state index in [9.17, 15) is 10.1 Å². The second-order valence-corrected chi connectivity index (χ2v) is 7.95. The van der Waals surface area contributed by atoms with Crippen LogP contribution < -0.4 is 10.5 Å². The Balaban J connectivity index is 1.71. The van der Waals surface area contributed by atoms with Crippen molar-refractivity contribution in [3.05, 3.63) is 83.0 Å². The molecule has 0 N–H and O–H groups in total. The number of aromatic nitrogens is 3. The van der Waals surface area contributed by atoms with E-state index in [1.807, 2.05) is 24.4 Å².